The van der Waals surface area contributed by atoms with E-state index in [0.717, 1.165) is 13.1 Å². The van der Waals surface area contributed by atoms with Crippen LogP contribution >= 0.6 is 35.6 Å². The summed E-state index contributed by atoms with van der Waals surface area (Å²) in [5.41, 5.74) is 0.667. The summed E-state index contributed by atoms with van der Waals surface area (Å²) in [6, 6.07) is 5.88. The van der Waals surface area contributed by atoms with E-state index >= 15 is 0 Å². The highest BCUT2D eigenvalue weighted by Crippen LogP contribution is 2.24. The Morgan fingerprint density at radius 2 is 1.90 bits per heavy atom. The lowest BCUT2D eigenvalue weighted by Gasteiger charge is -2.35. The first-order valence-corrected chi connectivity index (χ1v) is 7.43. The summed E-state index contributed by atoms with van der Waals surface area (Å²) in [6.45, 7) is 6.38. The molecular formula is C14H20Cl3N3O. The molecule has 2 rings (SSSR count). The lowest BCUT2D eigenvalue weighted by atomic mass is 10.1. The summed E-state index contributed by atoms with van der Waals surface area (Å²) >= 11 is 11.8. The van der Waals surface area contributed by atoms with Crippen molar-refractivity contribution < 1.29 is 4.79 Å². The van der Waals surface area contributed by atoms with E-state index in [4.69, 9.17) is 23.2 Å². The Morgan fingerprint density at radius 1 is 1.29 bits per heavy atom. The van der Waals surface area contributed by atoms with Gasteiger partial charge in [0.1, 0.15) is 0 Å². The number of anilines is 1. The molecule has 0 spiro atoms. The molecule has 0 saturated carbocycles. The minimum Gasteiger partial charge on any atom is -0.325 e. The molecule has 7 heteroatoms. The molecule has 118 valence electrons. The summed E-state index contributed by atoms with van der Waals surface area (Å²) in [4.78, 5) is 14.2. The molecule has 2 N–H and O–H groups in total. The molecule has 21 heavy (non-hydrogen) atoms. The van der Waals surface area contributed by atoms with Crippen LogP contribution in [0.25, 0.3) is 0 Å². The Kier molecular flexibility index (Phi) is 7.24. The Hall–Kier alpha value is -0.520. The molecule has 1 aromatic rings. The SMILES string of the molecule is CC1CN(CC(=O)Nc2ccc(Cl)c(Cl)c2)CC(C)N1.Cl. The maximum Gasteiger partial charge on any atom is 0.238 e. The minimum absolute atomic E-state index is 0. The van der Waals surface area contributed by atoms with Crippen molar-refractivity contribution in [1.29, 1.82) is 0 Å². The van der Waals surface area contributed by atoms with E-state index in [2.05, 4.69) is 29.4 Å². The number of amides is 1. The normalized spacial score (nSPS) is 22.5. The van der Waals surface area contributed by atoms with Gasteiger partial charge in [-0.15, -0.1) is 12.4 Å². The molecule has 0 radical (unpaired) electrons. The zero-order valence-corrected chi connectivity index (χ0v) is 14.4. The number of piperazine rings is 1. The van der Waals surface area contributed by atoms with Gasteiger partial charge in [-0.05, 0) is 32.0 Å². The average Bonchev–Trinajstić information content (AvgIpc) is 2.32. The lowest BCUT2D eigenvalue weighted by Crippen LogP contribution is -2.55. The van der Waals surface area contributed by atoms with Crippen molar-refractivity contribution in [3.05, 3.63) is 28.2 Å². The molecule has 1 heterocycles. The van der Waals surface area contributed by atoms with E-state index in [0.29, 0.717) is 34.4 Å². The third-order valence-corrected chi connectivity index (χ3v) is 3.94. The highest BCUT2D eigenvalue weighted by molar-refractivity contribution is 6.42. The number of carbonyl (C=O) groups is 1. The molecule has 1 aliphatic rings. The van der Waals surface area contributed by atoms with Gasteiger partial charge in [0.05, 0.1) is 16.6 Å². The first-order chi connectivity index (χ1) is 9.44. The number of hydrogen-bond donors (Lipinski definition) is 2. The quantitative estimate of drug-likeness (QED) is 0.879. The number of nitrogens with one attached hydrogen (secondary N) is 2. The van der Waals surface area contributed by atoms with Gasteiger partial charge in [0.2, 0.25) is 5.91 Å². The predicted molar refractivity (Wildman–Crippen MR) is 90.8 cm³/mol. The van der Waals surface area contributed by atoms with Crippen LogP contribution in [0.2, 0.25) is 10.0 Å². The van der Waals surface area contributed by atoms with Crippen molar-refractivity contribution in [2.45, 2.75) is 25.9 Å². The van der Waals surface area contributed by atoms with Crippen LogP contribution in [0.1, 0.15) is 13.8 Å². The molecule has 1 aliphatic heterocycles. The Bertz CT molecular complexity index is 488. The molecule has 1 aromatic carbocycles. The van der Waals surface area contributed by atoms with Crippen molar-refractivity contribution >= 4 is 47.2 Å². The molecule has 1 amide bonds. The van der Waals surface area contributed by atoms with Crippen molar-refractivity contribution in [3.63, 3.8) is 0 Å². The molecule has 0 aliphatic carbocycles. The van der Waals surface area contributed by atoms with E-state index in [1.54, 1.807) is 18.2 Å². The second-order valence-corrected chi connectivity index (χ2v) is 6.15. The van der Waals surface area contributed by atoms with Gasteiger partial charge in [-0.3, -0.25) is 9.69 Å². The van der Waals surface area contributed by atoms with E-state index in [1.807, 2.05) is 0 Å². The van der Waals surface area contributed by atoms with Gasteiger partial charge in [-0.1, -0.05) is 23.2 Å². The maximum atomic E-state index is 12.0. The number of carbonyl (C=O) groups excluding carboxylic acids is 1. The minimum atomic E-state index is -0.0373. The zero-order chi connectivity index (χ0) is 14.7. The van der Waals surface area contributed by atoms with E-state index in [-0.39, 0.29) is 18.3 Å². The lowest BCUT2D eigenvalue weighted by molar-refractivity contribution is -0.117. The highest BCUT2D eigenvalue weighted by atomic mass is 35.5. The van der Waals surface area contributed by atoms with E-state index in [9.17, 15) is 4.79 Å². The average molecular weight is 353 g/mol. The van der Waals surface area contributed by atoms with Crippen LogP contribution in [0.15, 0.2) is 18.2 Å². The second-order valence-electron chi connectivity index (χ2n) is 5.34. The van der Waals surface area contributed by atoms with Crippen LogP contribution in [0.4, 0.5) is 5.69 Å². The van der Waals surface area contributed by atoms with Crippen LogP contribution in [0.3, 0.4) is 0 Å². The fraction of sp³-hybridized carbons (Fsp3) is 0.500. The summed E-state index contributed by atoms with van der Waals surface area (Å²) in [5.74, 6) is -0.0373. The molecular weight excluding hydrogens is 333 g/mol. The standard InChI is InChI=1S/C14H19Cl2N3O.ClH/c1-9-6-19(7-10(2)17-9)8-14(20)18-11-3-4-12(15)13(16)5-11;/h3-5,9-10,17H,6-8H2,1-2H3,(H,18,20);1H. The molecule has 0 aromatic heterocycles. The maximum absolute atomic E-state index is 12.0. The van der Waals surface area contributed by atoms with Crippen LogP contribution in [-0.4, -0.2) is 42.5 Å². The Morgan fingerprint density at radius 3 is 2.48 bits per heavy atom. The van der Waals surface area contributed by atoms with E-state index in [1.165, 1.54) is 0 Å². The molecule has 2 unspecified atom stereocenters. The number of halogens is 3. The number of nitrogens with zero attached hydrogens (tertiary/aromatic N) is 1. The summed E-state index contributed by atoms with van der Waals surface area (Å²) in [7, 11) is 0. The second kappa shape index (κ2) is 8.20. The highest BCUT2D eigenvalue weighted by Gasteiger charge is 2.22. The number of hydrogen-bond acceptors (Lipinski definition) is 3. The number of benzene rings is 1. The largest absolute Gasteiger partial charge is 0.325 e. The van der Waals surface area contributed by atoms with Gasteiger partial charge in [0.15, 0.2) is 0 Å². The van der Waals surface area contributed by atoms with Gasteiger partial charge in [0.25, 0.3) is 0 Å². The van der Waals surface area contributed by atoms with Crippen LogP contribution in [-0.2, 0) is 4.79 Å². The van der Waals surface area contributed by atoms with Crippen molar-refractivity contribution in [1.82, 2.24) is 10.2 Å². The van der Waals surface area contributed by atoms with Gasteiger partial charge >= 0.3 is 0 Å². The summed E-state index contributed by atoms with van der Waals surface area (Å²) in [6.07, 6.45) is 0. The molecule has 0 bridgehead atoms. The third-order valence-electron chi connectivity index (χ3n) is 3.20. The van der Waals surface area contributed by atoms with Gasteiger partial charge in [0, 0.05) is 30.9 Å². The first kappa shape index (κ1) is 18.5. The zero-order valence-electron chi connectivity index (χ0n) is 12.0. The van der Waals surface area contributed by atoms with Crippen molar-refractivity contribution in [3.8, 4) is 0 Å². The fourth-order valence-electron chi connectivity index (χ4n) is 2.55. The van der Waals surface area contributed by atoms with Crippen LogP contribution < -0.4 is 10.6 Å². The number of rotatable bonds is 3. The molecule has 1 saturated heterocycles. The fourth-order valence-corrected chi connectivity index (χ4v) is 2.84. The van der Waals surface area contributed by atoms with Gasteiger partial charge in [-0.2, -0.15) is 0 Å². The first-order valence-electron chi connectivity index (χ1n) is 6.67. The summed E-state index contributed by atoms with van der Waals surface area (Å²) < 4.78 is 0. The Balaban J connectivity index is 0.00000220. The summed E-state index contributed by atoms with van der Waals surface area (Å²) in [5, 5.41) is 7.20. The van der Waals surface area contributed by atoms with Gasteiger partial charge in [-0.25, -0.2) is 0 Å². The third kappa shape index (κ3) is 5.64. The molecule has 4 nitrogen and oxygen atoms in total. The smallest absolute Gasteiger partial charge is 0.238 e. The molecule has 1 fully saturated rings. The van der Waals surface area contributed by atoms with Crippen LogP contribution in [0.5, 0.6) is 0 Å². The van der Waals surface area contributed by atoms with Crippen LogP contribution in [0, 0.1) is 0 Å². The van der Waals surface area contributed by atoms with E-state index < -0.39 is 0 Å². The van der Waals surface area contributed by atoms with Crippen molar-refractivity contribution in [2.75, 3.05) is 25.0 Å². The predicted octanol–water partition coefficient (Wildman–Crippen LogP) is 3.04. The Labute approximate surface area is 141 Å². The topological polar surface area (TPSA) is 44.4 Å². The van der Waals surface area contributed by atoms with Gasteiger partial charge < -0.3 is 10.6 Å². The van der Waals surface area contributed by atoms with Crippen molar-refractivity contribution in [2.24, 2.45) is 0 Å². The monoisotopic (exact) mass is 351 g/mol. The molecule has 2 atom stereocenters.